The Labute approximate surface area is 193 Å². The first-order chi connectivity index (χ1) is 15.9. The molecule has 6 nitrogen and oxygen atoms in total. The van der Waals surface area contributed by atoms with Crippen LogP contribution in [0.25, 0.3) is 11.0 Å². The molecule has 1 amide bonds. The van der Waals surface area contributed by atoms with Crippen LogP contribution >= 0.6 is 0 Å². The van der Waals surface area contributed by atoms with Gasteiger partial charge in [-0.25, -0.2) is 0 Å². The van der Waals surface area contributed by atoms with Crippen LogP contribution in [0, 0.1) is 13.8 Å². The Kier molecular flexibility index (Phi) is 6.27. The summed E-state index contributed by atoms with van der Waals surface area (Å²) in [5, 5.41) is 0.499. The molecule has 0 saturated heterocycles. The molecule has 2 heterocycles. The normalized spacial score (nSPS) is 15.1. The molecule has 0 fully saturated rings. The maximum atomic E-state index is 13.7. The second-order valence-electron chi connectivity index (χ2n) is 8.40. The van der Waals surface area contributed by atoms with E-state index in [0.29, 0.717) is 41.2 Å². The number of amides is 1. The monoisotopic (exact) mass is 447 g/mol. The highest BCUT2D eigenvalue weighted by Gasteiger charge is 2.42. The fraction of sp³-hybridized carbons (Fsp3) is 0.333. The molecular formula is C27H29NO5. The average Bonchev–Trinajstić information content (AvgIpc) is 3.08. The van der Waals surface area contributed by atoms with Crippen LogP contribution in [-0.4, -0.2) is 31.1 Å². The van der Waals surface area contributed by atoms with Gasteiger partial charge in [0.25, 0.3) is 5.91 Å². The van der Waals surface area contributed by atoms with Gasteiger partial charge < -0.3 is 18.8 Å². The number of fused-ring (bicyclic) bond motifs is 2. The zero-order valence-corrected chi connectivity index (χ0v) is 19.6. The Hall–Kier alpha value is -3.54. The number of unbranched alkanes of at least 4 members (excludes halogenated alkanes) is 1. The zero-order valence-electron chi connectivity index (χ0n) is 19.6. The number of carbonyl (C=O) groups excluding carboxylic acids is 1. The van der Waals surface area contributed by atoms with Gasteiger partial charge in [0.15, 0.2) is 16.9 Å². The Balaban J connectivity index is 1.93. The molecule has 33 heavy (non-hydrogen) atoms. The largest absolute Gasteiger partial charge is 0.493 e. The van der Waals surface area contributed by atoms with Gasteiger partial charge in [0.2, 0.25) is 5.76 Å². The van der Waals surface area contributed by atoms with Gasteiger partial charge in [-0.2, -0.15) is 0 Å². The third-order valence-corrected chi connectivity index (χ3v) is 6.01. The van der Waals surface area contributed by atoms with Crippen molar-refractivity contribution >= 4 is 16.9 Å². The molecule has 1 aromatic heterocycles. The molecule has 0 spiro atoms. The number of methoxy groups -OCH3 is 1. The molecule has 6 heteroatoms. The van der Waals surface area contributed by atoms with Crippen molar-refractivity contribution in [2.75, 3.05) is 20.3 Å². The van der Waals surface area contributed by atoms with Crippen molar-refractivity contribution in [2.24, 2.45) is 0 Å². The van der Waals surface area contributed by atoms with Crippen molar-refractivity contribution in [3.63, 3.8) is 0 Å². The van der Waals surface area contributed by atoms with Gasteiger partial charge in [0, 0.05) is 6.54 Å². The molecule has 0 radical (unpaired) electrons. The van der Waals surface area contributed by atoms with Crippen LogP contribution in [0.2, 0.25) is 0 Å². The van der Waals surface area contributed by atoms with Gasteiger partial charge in [0.05, 0.1) is 24.1 Å². The Morgan fingerprint density at radius 1 is 1.15 bits per heavy atom. The zero-order chi connectivity index (χ0) is 23.7. The lowest BCUT2D eigenvalue weighted by atomic mass is 9.97. The Morgan fingerprint density at radius 3 is 2.64 bits per heavy atom. The van der Waals surface area contributed by atoms with E-state index in [2.05, 4.69) is 13.5 Å². The number of carbonyl (C=O) groups is 1. The van der Waals surface area contributed by atoms with E-state index in [1.807, 2.05) is 38.1 Å². The second kappa shape index (κ2) is 9.14. The first kappa shape index (κ1) is 22.6. The lowest BCUT2D eigenvalue weighted by molar-refractivity contribution is 0.0725. The smallest absolute Gasteiger partial charge is 0.290 e. The summed E-state index contributed by atoms with van der Waals surface area (Å²) in [6, 6.07) is 8.74. The molecule has 2 aromatic carbocycles. The summed E-state index contributed by atoms with van der Waals surface area (Å²) >= 11 is 0. The van der Waals surface area contributed by atoms with Crippen molar-refractivity contribution in [3.8, 4) is 11.5 Å². The molecule has 0 aliphatic carbocycles. The highest BCUT2D eigenvalue weighted by atomic mass is 16.5. The fourth-order valence-corrected chi connectivity index (χ4v) is 4.50. The number of hydrogen-bond acceptors (Lipinski definition) is 5. The maximum Gasteiger partial charge on any atom is 0.290 e. The molecule has 1 atom stereocenters. The summed E-state index contributed by atoms with van der Waals surface area (Å²) in [5.74, 6) is 0.977. The van der Waals surface area contributed by atoms with Gasteiger partial charge in [-0.05, 0) is 55.2 Å². The van der Waals surface area contributed by atoms with Crippen LogP contribution in [-0.2, 0) is 0 Å². The summed E-state index contributed by atoms with van der Waals surface area (Å²) < 4.78 is 17.3. The van der Waals surface area contributed by atoms with Gasteiger partial charge in [-0.1, -0.05) is 38.1 Å². The van der Waals surface area contributed by atoms with E-state index < -0.39 is 6.04 Å². The minimum atomic E-state index is -0.553. The summed E-state index contributed by atoms with van der Waals surface area (Å²) in [5.41, 5.74) is 3.28. The predicted molar refractivity (Wildman–Crippen MR) is 128 cm³/mol. The molecule has 3 aromatic rings. The first-order valence-electron chi connectivity index (χ1n) is 11.2. The summed E-state index contributed by atoms with van der Waals surface area (Å²) in [6.07, 6.45) is 3.40. The molecule has 1 aliphatic heterocycles. The standard InChI is InChI=1S/C27H29NO5/c1-6-8-11-28-23(18-9-10-20(32-12-7-2)21(15-18)31-5)22-24(29)19-14-16(3)13-17(4)25(19)33-26(22)27(28)30/h7,9-10,13-15,23H,2,6,8,11-12H2,1,3-5H3. The number of nitrogens with zero attached hydrogens (tertiary/aromatic N) is 1. The van der Waals surface area contributed by atoms with Crippen LogP contribution in [0.1, 0.15) is 58.6 Å². The van der Waals surface area contributed by atoms with Crippen LogP contribution in [0.5, 0.6) is 11.5 Å². The van der Waals surface area contributed by atoms with E-state index in [4.69, 9.17) is 13.9 Å². The van der Waals surface area contributed by atoms with Gasteiger partial charge >= 0.3 is 0 Å². The highest BCUT2D eigenvalue weighted by molar-refractivity contribution is 5.99. The van der Waals surface area contributed by atoms with E-state index in [-0.39, 0.29) is 17.1 Å². The van der Waals surface area contributed by atoms with E-state index in [1.54, 1.807) is 24.2 Å². The minimum Gasteiger partial charge on any atom is -0.493 e. The third kappa shape index (κ3) is 3.90. The number of benzene rings is 2. The summed E-state index contributed by atoms with van der Waals surface area (Å²) in [4.78, 5) is 28.9. The average molecular weight is 448 g/mol. The molecule has 0 saturated carbocycles. The quantitative estimate of drug-likeness (QED) is 0.437. The van der Waals surface area contributed by atoms with Crippen molar-refractivity contribution in [2.45, 2.75) is 39.7 Å². The van der Waals surface area contributed by atoms with Crippen LogP contribution in [0.15, 0.2) is 52.2 Å². The number of hydrogen-bond donors (Lipinski definition) is 0. The van der Waals surface area contributed by atoms with Gasteiger partial charge in [0.1, 0.15) is 12.2 Å². The molecular weight excluding hydrogens is 418 g/mol. The third-order valence-electron chi connectivity index (χ3n) is 6.01. The molecule has 0 N–H and O–H groups in total. The SMILES string of the molecule is C=CCOc1ccc(C2c3c(oc4c(C)cc(C)cc4c3=O)C(=O)N2CCCC)cc1OC. The Morgan fingerprint density at radius 2 is 1.94 bits per heavy atom. The lowest BCUT2D eigenvalue weighted by Crippen LogP contribution is -2.30. The molecule has 1 aliphatic rings. The number of rotatable bonds is 8. The van der Waals surface area contributed by atoms with Crippen molar-refractivity contribution < 1.29 is 18.7 Å². The highest BCUT2D eigenvalue weighted by Crippen LogP contribution is 2.41. The minimum absolute atomic E-state index is 0.131. The van der Waals surface area contributed by atoms with E-state index >= 15 is 0 Å². The van der Waals surface area contributed by atoms with Crippen LogP contribution in [0.4, 0.5) is 0 Å². The number of ether oxygens (including phenoxy) is 2. The van der Waals surface area contributed by atoms with Gasteiger partial charge in [-0.3, -0.25) is 9.59 Å². The number of aryl methyl sites for hydroxylation is 2. The van der Waals surface area contributed by atoms with Crippen LogP contribution in [0.3, 0.4) is 0 Å². The van der Waals surface area contributed by atoms with E-state index in [0.717, 1.165) is 29.5 Å². The summed E-state index contributed by atoms with van der Waals surface area (Å²) in [7, 11) is 1.57. The fourth-order valence-electron chi connectivity index (χ4n) is 4.50. The predicted octanol–water partition coefficient (Wildman–Crippen LogP) is 5.33. The second-order valence-corrected chi connectivity index (χ2v) is 8.40. The topological polar surface area (TPSA) is 69.0 Å². The first-order valence-corrected chi connectivity index (χ1v) is 11.2. The molecule has 172 valence electrons. The Bertz CT molecular complexity index is 1290. The molecule has 1 unspecified atom stereocenters. The lowest BCUT2D eigenvalue weighted by Gasteiger charge is -2.25. The van der Waals surface area contributed by atoms with Crippen molar-refractivity contribution in [1.29, 1.82) is 0 Å². The van der Waals surface area contributed by atoms with Crippen molar-refractivity contribution in [3.05, 3.63) is 81.2 Å². The van der Waals surface area contributed by atoms with E-state index in [9.17, 15) is 9.59 Å². The van der Waals surface area contributed by atoms with E-state index in [1.165, 1.54) is 0 Å². The van der Waals surface area contributed by atoms with Crippen molar-refractivity contribution in [1.82, 2.24) is 4.90 Å². The summed E-state index contributed by atoms with van der Waals surface area (Å²) in [6.45, 7) is 10.5. The van der Waals surface area contributed by atoms with Crippen LogP contribution < -0.4 is 14.9 Å². The molecule has 0 bridgehead atoms. The maximum absolute atomic E-state index is 13.7. The molecule has 4 rings (SSSR count). The van der Waals surface area contributed by atoms with Gasteiger partial charge in [-0.15, -0.1) is 0 Å².